The number of hydrogen-bond donors (Lipinski definition) is 1. The van der Waals surface area contributed by atoms with Crippen LogP contribution in [0.5, 0.6) is 0 Å². The number of nitrogens with zero attached hydrogens (tertiary/aromatic N) is 2. The second kappa shape index (κ2) is 4.56. The van der Waals surface area contributed by atoms with Crippen molar-refractivity contribution in [2.75, 3.05) is 19.7 Å². The molecule has 2 fully saturated rings. The van der Waals surface area contributed by atoms with Crippen LogP contribution in [0.25, 0.3) is 0 Å². The summed E-state index contributed by atoms with van der Waals surface area (Å²) in [6.45, 7) is 4.48. The van der Waals surface area contributed by atoms with Gasteiger partial charge in [-0.05, 0) is 20.3 Å². The fraction of sp³-hybridized carbons (Fsp3) is 0.727. The number of hydroxylamine groups is 2. The molecule has 1 N–H and O–H groups in total. The van der Waals surface area contributed by atoms with Crippen LogP contribution in [-0.4, -0.2) is 53.0 Å². The molecule has 2 aliphatic rings. The van der Waals surface area contributed by atoms with E-state index in [1.165, 1.54) is 5.06 Å². The maximum Gasteiger partial charge on any atom is 0.325 e. The summed E-state index contributed by atoms with van der Waals surface area (Å²) >= 11 is 0. The number of rotatable bonds is 3. The first-order valence-electron chi connectivity index (χ1n) is 5.99. The minimum Gasteiger partial charge on any atom is -0.324 e. The first-order chi connectivity index (χ1) is 8.42. The summed E-state index contributed by atoms with van der Waals surface area (Å²) in [4.78, 5) is 41.3. The zero-order chi connectivity index (χ0) is 13.3. The van der Waals surface area contributed by atoms with E-state index in [0.29, 0.717) is 13.2 Å². The van der Waals surface area contributed by atoms with Crippen LogP contribution in [0.15, 0.2) is 0 Å². The fourth-order valence-electron chi connectivity index (χ4n) is 2.00. The number of carbonyl (C=O) groups is 3. The van der Waals surface area contributed by atoms with Crippen molar-refractivity contribution in [2.24, 2.45) is 0 Å². The number of nitrogens with one attached hydrogen (secondary N) is 1. The number of imide groups is 1. The molecular weight excluding hydrogens is 238 g/mol. The largest absolute Gasteiger partial charge is 0.325 e. The lowest BCUT2D eigenvalue weighted by molar-refractivity contribution is -0.168. The number of carbonyl (C=O) groups excluding carboxylic acids is 3. The van der Waals surface area contributed by atoms with Gasteiger partial charge < -0.3 is 5.32 Å². The highest BCUT2D eigenvalue weighted by molar-refractivity contribution is 6.06. The maximum absolute atomic E-state index is 11.9. The van der Waals surface area contributed by atoms with Crippen LogP contribution in [0.2, 0.25) is 0 Å². The summed E-state index contributed by atoms with van der Waals surface area (Å²) in [7, 11) is 0. The SMILES string of the molecule is CC1(C)NC(=O)N(CCC(=O)N2CCCO2)C1=O. The van der Waals surface area contributed by atoms with Gasteiger partial charge in [-0.15, -0.1) is 0 Å². The Hall–Kier alpha value is -1.63. The first-order valence-corrected chi connectivity index (χ1v) is 5.99. The standard InChI is InChI=1S/C11H17N3O4/c1-11(2)9(16)13(10(17)12-11)6-4-8(15)14-5-3-7-18-14/h3-7H2,1-2H3,(H,12,17). The van der Waals surface area contributed by atoms with Crippen molar-refractivity contribution >= 4 is 17.8 Å². The van der Waals surface area contributed by atoms with Gasteiger partial charge in [-0.1, -0.05) is 0 Å². The van der Waals surface area contributed by atoms with Crippen LogP contribution in [0, 0.1) is 0 Å². The molecule has 0 atom stereocenters. The van der Waals surface area contributed by atoms with Gasteiger partial charge in [0.1, 0.15) is 5.54 Å². The van der Waals surface area contributed by atoms with Gasteiger partial charge in [0.15, 0.2) is 0 Å². The van der Waals surface area contributed by atoms with Crippen LogP contribution >= 0.6 is 0 Å². The number of hydrogen-bond acceptors (Lipinski definition) is 4. The molecule has 18 heavy (non-hydrogen) atoms. The van der Waals surface area contributed by atoms with Crippen molar-refractivity contribution in [1.29, 1.82) is 0 Å². The third kappa shape index (κ3) is 2.31. The van der Waals surface area contributed by atoms with E-state index in [1.54, 1.807) is 13.8 Å². The molecule has 0 aromatic rings. The molecule has 0 aromatic carbocycles. The van der Waals surface area contributed by atoms with Crippen LogP contribution in [0.4, 0.5) is 4.79 Å². The van der Waals surface area contributed by atoms with Crippen LogP contribution in [-0.2, 0) is 14.4 Å². The highest BCUT2D eigenvalue weighted by Crippen LogP contribution is 2.17. The Morgan fingerprint density at radius 2 is 2.17 bits per heavy atom. The highest BCUT2D eigenvalue weighted by atomic mass is 16.7. The number of amides is 4. The predicted molar refractivity (Wildman–Crippen MR) is 61.2 cm³/mol. The third-order valence-electron chi connectivity index (χ3n) is 3.02. The van der Waals surface area contributed by atoms with Gasteiger partial charge in [-0.2, -0.15) is 0 Å². The smallest absolute Gasteiger partial charge is 0.324 e. The van der Waals surface area contributed by atoms with E-state index < -0.39 is 11.6 Å². The molecule has 7 heteroatoms. The maximum atomic E-state index is 11.9. The molecule has 2 aliphatic heterocycles. The first kappa shape index (κ1) is 12.8. The molecule has 0 aromatic heterocycles. The molecule has 7 nitrogen and oxygen atoms in total. The highest BCUT2D eigenvalue weighted by Gasteiger charge is 2.44. The van der Waals surface area contributed by atoms with E-state index in [9.17, 15) is 14.4 Å². The molecule has 100 valence electrons. The van der Waals surface area contributed by atoms with E-state index in [1.807, 2.05) is 0 Å². The van der Waals surface area contributed by atoms with Crippen molar-refractivity contribution < 1.29 is 19.2 Å². The molecule has 0 spiro atoms. The molecular formula is C11H17N3O4. The van der Waals surface area contributed by atoms with Gasteiger partial charge in [0.25, 0.3) is 5.91 Å². The minimum absolute atomic E-state index is 0.0901. The van der Waals surface area contributed by atoms with Gasteiger partial charge in [-0.25, -0.2) is 9.86 Å². The molecule has 2 rings (SSSR count). The van der Waals surface area contributed by atoms with Crippen molar-refractivity contribution in [3.8, 4) is 0 Å². The number of urea groups is 1. The van der Waals surface area contributed by atoms with Crippen LogP contribution < -0.4 is 5.32 Å². The van der Waals surface area contributed by atoms with Crippen LogP contribution in [0.1, 0.15) is 26.7 Å². The average Bonchev–Trinajstić information content (AvgIpc) is 2.86. The van der Waals surface area contributed by atoms with E-state index in [4.69, 9.17) is 4.84 Å². The fourth-order valence-corrected chi connectivity index (χ4v) is 2.00. The molecule has 0 radical (unpaired) electrons. The average molecular weight is 255 g/mol. The van der Waals surface area contributed by atoms with Gasteiger partial charge in [-0.3, -0.25) is 19.3 Å². The Bertz CT molecular complexity index is 388. The Balaban J connectivity index is 1.88. The van der Waals surface area contributed by atoms with E-state index in [2.05, 4.69) is 5.32 Å². The van der Waals surface area contributed by atoms with Crippen molar-refractivity contribution in [2.45, 2.75) is 32.2 Å². The molecule has 0 bridgehead atoms. The summed E-state index contributed by atoms with van der Waals surface area (Å²) in [6.07, 6.45) is 0.914. The summed E-state index contributed by atoms with van der Waals surface area (Å²) < 4.78 is 0. The summed E-state index contributed by atoms with van der Waals surface area (Å²) in [5, 5.41) is 3.86. The second-order valence-corrected chi connectivity index (χ2v) is 4.94. The molecule has 2 heterocycles. The lowest BCUT2D eigenvalue weighted by Crippen LogP contribution is -2.40. The quantitative estimate of drug-likeness (QED) is 0.712. The van der Waals surface area contributed by atoms with Crippen LogP contribution in [0.3, 0.4) is 0 Å². The van der Waals surface area contributed by atoms with E-state index in [0.717, 1.165) is 11.3 Å². The van der Waals surface area contributed by atoms with E-state index in [-0.39, 0.29) is 24.8 Å². The predicted octanol–water partition coefficient (Wildman–Crippen LogP) is -0.129. The lowest BCUT2D eigenvalue weighted by atomic mass is 10.1. The third-order valence-corrected chi connectivity index (χ3v) is 3.02. The van der Waals surface area contributed by atoms with Gasteiger partial charge >= 0.3 is 6.03 Å². The Morgan fingerprint density at radius 3 is 2.67 bits per heavy atom. The van der Waals surface area contributed by atoms with Gasteiger partial charge in [0.2, 0.25) is 5.91 Å². The second-order valence-electron chi connectivity index (χ2n) is 4.94. The zero-order valence-electron chi connectivity index (χ0n) is 10.6. The van der Waals surface area contributed by atoms with Gasteiger partial charge in [0, 0.05) is 13.0 Å². The summed E-state index contributed by atoms with van der Waals surface area (Å²) in [5.41, 5.74) is -0.885. The molecule has 4 amide bonds. The van der Waals surface area contributed by atoms with Crippen molar-refractivity contribution in [3.63, 3.8) is 0 Å². The molecule has 0 aliphatic carbocycles. The van der Waals surface area contributed by atoms with Gasteiger partial charge in [0.05, 0.1) is 13.2 Å². The zero-order valence-corrected chi connectivity index (χ0v) is 10.6. The monoisotopic (exact) mass is 255 g/mol. The summed E-state index contributed by atoms with van der Waals surface area (Å²) in [6, 6.07) is -0.444. The normalized spacial score (nSPS) is 22.6. The van der Waals surface area contributed by atoms with Crippen molar-refractivity contribution in [1.82, 2.24) is 15.3 Å². The Kier molecular flexibility index (Phi) is 3.25. The topological polar surface area (TPSA) is 79.0 Å². The molecule has 0 saturated carbocycles. The summed E-state index contributed by atoms with van der Waals surface area (Å²) in [5.74, 6) is -0.500. The Labute approximate surface area is 105 Å². The molecule has 0 unspecified atom stereocenters. The van der Waals surface area contributed by atoms with Crippen molar-refractivity contribution in [3.05, 3.63) is 0 Å². The lowest BCUT2D eigenvalue weighted by Gasteiger charge is -2.17. The Morgan fingerprint density at radius 1 is 1.44 bits per heavy atom. The minimum atomic E-state index is -0.885. The van der Waals surface area contributed by atoms with E-state index >= 15 is 0 Å². The molecule has 2 saturated heterocycles.